The molecule has 1 unspecified atom stereocenters. The van der Waals surface area contributed by atoms with Crippen molar-refractivity contribution in [3.8, 4) is 0 Å². The molecule has 3 heteroatoms. The van der Waals surface area contributed by atoms with E-state index in [0.29, 0.717) is 0 Å². The Kier molecular flexibility index (Phi) is 13.0. The third kappa shape index (κ3) is 8.69. The topological polar surface area (TPSA) is 15.7 Å². The first kappa shape index (κ1) is 28.3. The van der Waals surface area contributed by atoms with E-state index in [1.807, 2.05) is 0 Å². The van der Waals surface area contributed by atoms with Gasteiger partial charge in [-0.25, -0.2) is 5.01 Å². The molecular weight excluding hydrogens is 440 g/mol. The molecule has 0 bridgehead atoms. The maximum absolute atomic E-state index is 6.58. The Morgan fingerprint density at radius 3 is 1.61 bits per heavy atom. The summed E-state index contributed by atoms with van der Waals surface area (Å²) in [5.74, 6) is 1.08. The predicted molar refractivity (Wildman–Crippen MR) is 154 cm³/mol. The highest BCUT2D eigenvalue weighted by molar-refractivity contribution is 5.69. The predicted octanol–water partition coefficient (Wildman–Crippen LogP) is 9.39. The minimum atomic E-state index is 0.109. The van der Waals surface area contributed by atoms with Crippen molar-refractivity contribution in [3.05, 3.63) is 77.5 Å². The Balaban J connectivity index is 1.40. The highest BCUT2D eigenvalue weighted by Gasteiger charge is 2.37. The van der Waals surface area contributed by atoms with E-state index < -0.39 is 0 Å². The zero-order chi connectivity index (χ0) is 25.4. The summed E-state index contributed by atoms with van der Waals surface area (Å²) in [5.41, 5.74) is 3.66. The molecule has 198 valence electrons. The molecule has 0 aliphatic carbocycles. The zero-order valence-electron chi connectivity index (χ0n) is 23.3. The number of unbranched alkanes of at least 4 members (excludes halogenated alkanes) is 13. The van der Waals surface area contributed by atoms with Gasteiger partial charge >= 0.3 is 0 Å². The number of benzene rings is 2. The van der Waals surface area contributed by atoms with Crippen LogP contribution in [0.5, 0.6) is 0 Å². The molecule has 0 saturated carbocycles. The zero-order valence-corrected chi connectivity index (χ0v) is 23.3. The summed E-state index contributed by atoms with van der Waals surface area (Å²) < 4.78 is 6.58. The van der Waals surface area contributed by atoms with Crippen molar-refractivity contribution in [2.45, 2.75) is 103 Å². The van der Waals surface area contributed by atoms with Crippen LogP contribution in [-0.4, -0.2) is 30.7 Å². The van der Waals surface area contributed by atoms with Crippen LogP contribution in [0.4, 0.5) is 0 Å². The number of likely N-dealkylation sites (N-methyl/N-ethyl adjacent to an activating group) is 1. The first-order chi connectivity index (χ1) is 17.7. The number of ether oxygens (including phenoxy) is 1. The lowest BCUT2D eigenvalue weighted by molar-refractivity contribution is 0.0607. The normalized spacial score (nSPS) is 16.2. The summed E-state index contributed by atoms with van der Waals surface area (Å²) in [6, 6.07) is 21.5. The van der Waals surface area contributed by atoms with E-state index in [2.05, 4.69) is 91.7 Å². The molecule has 0 radical (unpaired) electrons. The van der Waals surface area contributed by atoms with Gasteiger partial charge in [0.2, 0.25) is 0 Å². The molecule has 1 aliphatic rings. The first-order valence-electron chi connectivity index (χ1n) is 14.7. The third-order valence-electron chi connectivity index (χ3n) is 7.57. The van der Waals surface area contributed by atoms with Gasteiger partial charge in [-0.15, -0.1) is 0 Å². The molecule has 0 amide bonds. The van der Waals surface area contributed by atoms with Crippen LogP contribution < -0.4 is 0 Å². The monoisotopic (exact) mass is 490 g/mol. The second kappa shape index (κ2) is 16.5. The smallest absolute Gasteiger partial charge is 0.145 e. The van der Waals surface area contributed by atoms with Crippen molar-refractivity contribution in [1.82, 2.24) is 10.0 Å². The van der Waals surface area contributed by atoms with Crippen LogP contribution in [0.3, 0.4) is 0 Å². The van der Waals surface area contributed by atoms with Crippen LogP contribution >= 0.6 is 0 Å². The van der Waals surface area contributed by atoms with Gasteiger partial charge < -0.3 is 9.75 Å². The lowest BCUT2D eigenvalue weighted by atomic mass is 10.0. The van der Waals surface area contributed by atoms with Crippen molar-refractivity contribution < 1.29 is 4.74 Å². The van der Waals surface area contributed by atoms with Crippen molar-refractivity contribution >= 4 is 5.70 Å². The average Bonchev–Trinajstić information content (AvgIpc) is 3.16. The first-order valence-corrected chi connectivity index (χ1v) is 14.7. The summed E-state index contributed by atoms with van der Waals surface area (Å²) in [6.45, 7) is 3.08. The molecule has 3 nitrogen and oxygen atoms in total. The van der Waals surface area contributed by atoms with E-state index in [4.69, 9.17) is 4.74 Å². The third-order valence-corrected chi connectivity index (χ3v) is 7.57. The number of hydrazine groups is 1. The van der Waals surface area contributed by atoms with Gasteiger partial charge in [-0.3, -0.25) is 0 Å². The fraction of sp³-hybridized carbons (Fsp3) is 0.576. The second-order valence-corrected chi connectivity index (χ2v) is 10.4. The Hall–Kier alpha value is -2.26. The van der Waals surface area contributed by atoms with Crippen LogP contribution in [-0.2, 0) is 4.74 Å². The van der Waals surface area contributed by atoms with E-state index in [0.717, 1.165) is 18.8 Å². The average molecular weight is 491 g/mol. The molecule has 3 rings (SSSR count). The lowest BCUT2D eigenvalue weighted by Gasteiger charge is -2.28. The summed E-state index contributed by atoms with van der Waals surface area (Å²) in [6.07, 6.45) is 19.3. The SMILES string of the molecule is CCCCCCCCCCCCCCCCOC1=C(c2ccccc2)N(C)N(C)C1c1ccccc1. The van der Waals surface area contributed by atoms with Crippen LogP contribution in [0.1, 0.15) is 114 Å². The van der Waals surface area contributed by atoms with Gasteiger partial charge in [-0.05, 0) is 12.0 Å². The van der Waals surface area contributed by atoms with Gasteiger partial charge in [0.25, 0.3) is 0 Å². The summed E-state index contributed by atoms with van der Waals surface area (Å²) in [4.78, 5) is 0. The molecule has 2 aromatic carbocycles. The number of nitrogens with zero attached hydrogens (tertiary/aromatic N) is 2. The van der Waals surface area contributed by atoms with E-state index in [1.54, 1.807) is 0 Å². The van der Waals surface area contributed by atoms with E-state index in [-0.39, 0.29) is 6.04 Å². The van der Waals surface area contributed by atoms with Crippen molar-refractivity contribution in [1.29, 1.82) is 0 Å². The minimum Gasteiger partial charge on any atom is -0.494 e. The standard InChI is InChI=1S/C33H50N2O/c1-4-5-6-7-8-9-10-11-12-13-14-15-16-23-28-36-33-31(29-24-19-17-20-25-29)34(2)35(3)32(33)30-26-21-18-22-27-30/h17-22,24-27,31H,4-16,23,28H2,1-3H3. The number of hydrogen-bond acceptors (Lipinski definition) is 3. The summed E-state index contributed by atoms with van der Waals surface area (Å²) >= 11 is 0. The van der Waals surface area contributed by atoms with E-state index in [9.17, 15) is 0 Å². The Morgan fingerprint density at radius 2 is 1.08 bits per heavy atom. The summed E-state index contributed by atoms with van der Waals surface area (Å²) in [5, 5.41) is 4.53. The Morgan fingerprint density at radius 1 is 0.611 bits per heavy atom. The van der Waals surface area contributed by atoms with Crippen LogP contribution in [0, 0.1) is 0 Å². The number of rotatable bonds is 18. The van der Waals surface area contributed by atoms with Crippen LogP contribution in [0.25, 0.3) is 5.70 Å². The van der Waals surface area contributed by atoms with E-state index >= 15 is 0 Å². The van der Waals surface area contributed by atoms with Crippen molar-refractivity contribution in [2.24, 2.45) is 0 Å². The largest absolute Gasteiger partial charge is 0.494 e. The molecule has 1 aliphatic heterocycles. The van der Waals surface area contributed by atoms with E-state index in [1.165, 1.54) is 100 Å². The number of hydrogen-bond donors (Lipinski definition) is 0. The van der Waals surface area contributed by atoms with Gasteiger partial charge in [0.15, 0.2) is 0 Å². The molecule has 0 aromatic heterocycles. The fourth-order valence-corrected chi connectivity index (χ4v) is 5.34. The minimum absolute atomic E-state index is 0.109. The molecule has 1 heterocycles. The van der Waals surface area contributed by atoms with Crippen LogP contribution in [0.2, 0.25) is 0 Å². The van der Waals surface area contributed by atoms with Gasteiger partial charge in [-0.2, -0.15) is 0 Å². The van der Waals surface area contributed by atoms with Crippen LogP contribution in [0.15, 0.2) is 66.4 Å². The maximum Gasteiger partial charge on any atom is 0.145 e. The van der Waals surface area contributed by atoms with Crippen molar-refractivity contribution in [3.63, 3.8) is 0 Å². The molecule has 0 spiro atoms. The fourth-order valence-electron chi connectivity index (χ4n) is 5.34. The maximum atomic E-state index is 6.58. The van der Waals surface area contributed by atoms with Gasteiger partial charge in [0.1, 0.15) is 11.8 Å². The Bertz CT molecular complexity index is 864. The van der Waals surface area contributed by atoms with Gasteiger partial charge in [-0.1, -0.05) is 151 Å². The van der Waals surface area contributed by atoms with Gasteiger partial charge in [0.05, 0.1) is 12.3 Å². The molecule has 1 atom stereocenters. The molecule has 0 saturated heterocycles. The summed E-state index contributed by atoms with van der Waals surface area (Å²) in [7, 11) is 4.30. The molecule has 0 N–H and O–H groups in total. The Labute approximate surface area is 221 Å². The van der Waals surface area contributed by atoms with Crippen molar-refractivity contribution in [2.75, 3.05) is 20.7 Å². The molecule has 0 fully saturated rings. The molecule has 2 aromatic rings. The van der Waals surface area contributed by atoms with Gasteiger partial charge in [0, 0.05) is 19.7 Å². The highest BCUT2D eigenvalue weighted by Crippen LogP contribution is 2.42. The quantitative estimate of drug-likeness (QED) is 0.194. The molecule has 36 heavy (non-hydrogen) atoms. The molecular formula is C33H50N2O. The highest BCUT2D eigenvalue weighted by atomic mass is 16.5. The lowest BCUT2D eigenvalue weighted by Crippen LogP contribution is -2.32. The second-order valence-electron chi connectivity index (χ2n) is 10.4.